The Bertz CT molecular complexity index is 709. The van der Waals surface area contributed by atoms with Gasteiger partial charge in [-0.3, -0.25) is 0 Å². The highest BCUT2D eigenvalue weighted by Crippen LogP contribution is 2.22. The summed E-state index contributed by atoms with van der Waals surface area (Å²) in [4.78, 5) is 24.6. The fourth-order valence-electron chi connectivity index (χ4n) is 2.63. The van der Waals surface area contributed by atoms with Crippen molar-refractivity contribution < 1.29 is 19.1 Å². The summed E-state index contributed by atoms with van der Waals surface area (Å²) in [5.41, 5.74) is 1.67. The van der Waals surface area contributed by atoms with Gasteiger partial charge in [-0.2, -0.15) is 0 Å². The molecule has 0 heterocycles. The standard InChI is InChI=1S/C22H26O4/c1-3-5-9-15-25-21(23)18-13-10-14-19(16-18)22(24)26-20(4-2)17-11-7-6-8-12-17/h6-8,10-14,16,20H,3-5,9,15H2,1-2H3. The molecule has 4 nitrogen and oxygen atoms in total. The number of hydrogen-bond acceptors (Lipinski definition) is 4. The van der Waals surface area contributed by atoms with E-state index in [1.165, 1.54) is 6.07 Å². The van der Waals surface area contributed by atoms with E-state index in [2.05, 4.69) is 6.92 Å². The van der Waals surface area contributed by atoms with Gasteiger partial charge in [0.1, 0.15) is 6.10 Å². The molecule has 0 aromatic heterocycles. The minimum atomic E-state index is -0.443. The van der Waals surface area contributed by atoms with Crippen LogP contribution in [0, 0.1) is 0 Å². The van der Waals surface area contributed by atoms with E-state index < -0.39 is 11.9 Å². The van der Waals surface area contributed by atoms with Gasteiger partial charge in [-0.25, -0.2) is 9.59 Å². The molecule has 0 amide bonds. The van der Waals surface area contributed by atoms with E-state index in [0.29, 0.717) is 24.2 Å². The predicted octanol–water partition coefficient (Wildman–Crippen LogP) is 5.34. The van der Waals surface area contributed by atoms with Crippen LogP contribution in [0.15, 0.2) is 54.6 Å². The maximum absolute atomic E-state index is 12.5. The first kappa shape index (κ1) is 19.7. The number of carbonyl (C=O) groups excluding carboxylic acids is 2. The number of esters is 2. The van der Waals surface area contributed by atoms with Crippen molar-refractivity contribution in [3.63, 3.8) is 0 Å². The van der Waals surface area contributed by atoms with Crippen molar-refractivity contribution in [3.8, 4) is 0 Å². The van der Waals surface area contributed by atoms with Crippen LogP contribution in [0.1, 0.15) is 71.9 Å². The molecule has 0 saturated carbocycles. The monoisotopic (exact) mass is 354 g/mol. The number of benzene rings is 2. The third-order valence-electron chi connectivity index (χ3n) is 4.11. The van der Waals surface area contributed by atoms with E-state index in [1.807, 2.05) is 37.3 Å². The highest BCUT2D eigenvalue weighted by atomic mass is 16.5. The van der Waals surface area contributed by atoms with Crippen molar-refractivity contribution >= 4 is 11.9 Å². The molecule has 0 fully saturated rings. The van der Waals surface area contributed by atoms with Crippen LogP contribution in [-0.2, 0) is 9.47 Å². The summed E-state index contributed by atoms with van der Waals surface area (Å²) < 4.78 is 10.9. The fourth-order valence-corrected chi connectivity index (χ4v) is 2.63. The summed E-state index contributed by atoms with van der Waals surface area (Å²) in [6.45, 7) is 4.46. The molecule has 0 aliphatic rings. The fraction of sp³-hybridized carbons (Fsp3) is 0.364. The van der Waals surface area contributed by atoms with Crippen LogP contribution in [0.5, 0.6) is 0 Å². The maximum atomic E-state index is 12.5. The van der Waals surface area contributed by atoms with Crippen LogP contribution in [0.3, 0.4) is 0 Å². The highest BCUT2D eigenvalue weighted by Gasteiger charge is 2.17. The molecule has 0 radical (unpaired) electrons. The average molecular weight is 354 g/mol. The Hall–Kier alpha value is -2.62. The zero-order valence-electron chi connectivity index (χ0n) is 15.4. The molecule has 0 N–H and O–H groups in total. The highest BCUT2D eigenvalue weighted by molar-refractivity contribution is 5.95. The Morgan fingerprint density at radius 3 is 2.23 bits per heavy atom. The molecular formula is C22H26O4. The van der Waals surface area contributed by atoms with Crippen LogP contribution < -0.4 is 0 Å². The van der Waals surface area contributed by atoms with E-state index >= 15 is 0 Å². The Labute approximate surface area is 155 Å². The molecule has 1 unspecified atom stereocenters. The van der Waals surface area contributed by atoms with Gasteiger partial charge < -0.3 is 9.47 Å². The number of carbonyl (C=O) groups is 2. The molecular weight excluding hydrogens is 328 g/mol. The van der Waals surface area contributed by atoms with E-state index in [-0.39, 0.29) is 6.10 Å². The van der Waals surface area contributed by atoms with Crippen molar-refractivity contribution in [1.82, 2.24) is 0 Å². The number of unbranched alkanes of at least 4 members (excludes halogenated alkanes) is 2. The average Bonchev–Trinajstić information content (AvgIpc) is 2.69. The van der Waals surface area contributed by atoms with Crippen LogP contribution >= 0.6 is 0 Å². The molecule has 2 rings (SSSR count). The van der Waals surface area contributed by atoms with Gasteiger partial charge in [0.25, 0.3) is 0 Å². The lowest BCUT2D eigenvalue weighted by Gasteiger charge is -2.16. The Morgan fingerprint density at radius 1 is 0.885 bits per heavy atom. The van der Waals surface area contributed by atoms with E-state index in [9.17, 15) is 9.59 Å². The van der Waals surface area contributed by atoms with Crippen molar-refractivity contribution in [2.75, 3.05) is 6.61 Å². The smallest absolute Gasteiger partial charge is 0.338 e. The largest absolute Gasteiger partial charge is 0.462 e. The summed E-state index contributed by atoms with van der Waals surface area (Å²) in [6.07, 6.45) is 3.30. The molecule has 138 valence electrons. The van der Waals surface area contributed by atoms with Crippen molar-refractivity contribution in [2.24, 2.45) is 0 Å². The van der Waals surface area contributed by atoms with Crippen LogP contribution in [0.2, 0.25) is 0 Å². The number of rotatable bonds is 9. The van der Waals surface area contributed by atoms with Gasteiger partial charge in [-0.1, -0.05) is 63.1 Å². The maximum Gasteiger partial charge on any atom is 0.338 e. The molecule has 0 spiro atoms. The lowest BCUT2D eigenvalue weighted by atomic mass is 10.1. The quantitative estimate of drug-likeness (QED) is 0.450. The van der Waals surface area contributed by atoms with Gasteiger partial charge in [0.15, 0.2) is 0 Å². The van der Waals surface area contributed by atoms with Gasteiger partial charge in [-0.15, -0.1) is 0 Å². The molecule has 0 aliphatic heterocycles. The summed E-state index contributed by atoms with van der Waals surface area (Å²) in [5.74, 6) is -0.854. The van der Waals surface area contributed by atoms with Crippen molar-refractivity contribution in [2.45, 2.75) is 45.6 Å². The van der Waals surface area contributed by atoms with Crippen LogP contribution in [-0.4, -0.2) is 18.5 Å². The SMILES string of the molecule is CCCCCOC(=O)c1cccc(C(=O)OC(CC)c2ccccc2)c1. The molecule has 2 aromatic carbocycles. The second-order valence-corrected chi connectivity index (χ2v) is 6.14. The van der Waals surface area contributed by atoms with Gasteiger partial charge in [0.2, 0.25) is 0 Å². The minimum absolute atomic E-state index is 0.312. The number of hydrogen-bond donors (Lipinski definition) is 0. The topological polar surface area (TPSA) is 52.6 Å². The second kappa shape index (κ2) is 10.4. The predicted molar refractivity (Wildman–Crippen MR) is 101 cm³/mol. The first-order chi connectivity index (χ1) is 12.7. The second-order valence-electron chi connectivity index (χ2n) is 6.14. The zero-order valence-corrected chi connectivity index (χ0v) is 15.4. The molecule has 0 saturated heterocycles. The Kier molecular flexibility index (Phi) is 7.87. The lowest BCUT2D eigenvalue weighted by Crippen LogP contribution is -2.13. The first-order valence-corrected chi connectivity index (χ1v) is 9.18. The van der Waals surface area contributed by atoms with Crippen molar-refractivity contribution in [3.05, 3.63) is 71.3 Å². The zero-order chi connectivity index (χ0) is 18.8. The molecule has 0 bridgehead atoms. The molecule has 1 atom stereocenters. The summed E-state index contributed by atoms with van der Waals surface area (Å²) in [5, 5.41) is 0. The molecule has 26 heavy (non-hydrogen) atoms. The van der Waals surface area contributed by atoms with Gasteiger partial charge >= 0.3 is 11.9 Å². The first-order valence-electron chi connectivity index (χ1n) is 9.18. The van der Waals surface area contributed by atoms with E-state index in [1.54, 1.807) is 18.2 Å². The van der Waals surface area contributed by atoms with E-state index in [4.69, 9.17) is 9.47 Å². The summed E-state index contributed by atoms with van der Waals surface area (Å²) in [7, 11) is 0. The third-order valence-corrected chi connectivity index (χ3v) is 4.11. The Balaban J connectivity index is 2.01. The van der Waals surface area contributed by atoms with Gasteiger partial charge in [0, 0.05) is 0 Å². The summed E-state index contributed by atoms with van der Waals surface area (Å²) >= 11 is 0. The molecule has 2 aromatic rings. The van der Waals surface area contributed by atoms with Crippen LogP contribution in [0.25, 0.3) is 0 Å². The van der Waals surface area contributed by atoms with E-state index in [0.717, 1.165) is 24.8 Å². The number of ether oxygens (including phenoxy) is 2. The summed E-state index contributed by atoms with van der Waals surface area (Å²) in [6, 6.07) is 16.1. The third kappa shape index (κ3) is 5.73. The Morgan fingerprint density at radius 2 is 1.58 bits per heavy atom. The normalized spacial score (nSPS) is 11.6. The minimum Gasteiger partial charge on any atom is -0.462 e. The van der Waals surface area contributed by atoms with Gasteiger partial charge in [0.05, 0.1) is 17.7 Å². The molecule has 4 heteroatoms. The molecule has 0 aliphatic carbocycles. The van der Waals surface area contributed by atoms with Crippen LogP contribution in [0.4, 0.5) is 0 Å². The van der Waals surface area contributed by atoms with Gasteiger partial charge in [-0.05, 0) is 36.6 Å². The van der Waals surface area contributed by atoms with Crippen molar-refractivity contribution in [1.29, 1.82) is 0 Å². The lowest BCUT2D eigenvalue weighted by molar-refractivity contribution is 0.0288.